The highest BCUT2D eigenvalue weighted by Gasteiger charge is 2.30. The number of likely N-dealkylation sites (tertiary alicyclic amines) is 1. The molecule has 1 atom stereocenters. The van der Waals surface area contributed by atoms with Crippen LogP contribution in [0.3, 0.4) is 0 Å². The summed E-state index contributed by atoms with van der Waals surface area (Å²) in [4.78, 5) is 15.9. The Morgan fingerprint density at radius 2 is 1.84 bits per heavy atom. The predicted octanol–water partition coefficient (Wildman–Crippen LogP) is 3.43. The minimum Gasteiger partial charge on any atom is -0.378 e. The van der Waals surface area contributed by atoms with Gasteiger partial charge >= 0.3 is 6.18 Å². The van der Waals surface area contributed by atoms with E-state index in [0.29, 0.717) is 25.7 Å². The quantitative estimate of drug-likeness (QED) is 0.717. The summed E-state index contributed by atoms with van der Waals surface area (Å²) < 4.78 is 43.8. The molecule has 1 aromatic heterocycles. The topological polar surface area (TPSA) is 44.7 Å². The van der Waals surface area contributed by atoms with Crippen molar-refractivity contribution in [1.29, 1.82) is 0 Å². The Bertz CT molecular complexity index is 855. The number of anilines is 2. The van der Waals surface area contributed by atoms with Crippen LogP contribution in [0.4, 0.5) is 24.9 Å². The van der Waals surface area contributed by atoms with E-state index in [-0.39, 0.29) is 6.04 Å². The van der Waals surface area contributed by atoms with Crippen molar-refractivity contribution in [2.24, 2.45) is 0 Å². The molecule has 0 amide bonds. The van der Waals surface area contributed by atoms with E-state index in [1.165, 1.54) is 0 Å². The number of halogens is 3. The lowest BCUT2D eigenvalue weighted by Crippen LogP contribution is -2.47. The summed E-state index contributed by atoms with van der Waals surface area (Å²) in [7, 11) is 2.02. The first-order valence-corrected chi connectivity index (χ1v) is 10.7. The van der Waals surface area contributed by atoms with Gasteiger partial charge < -0.3 is 14.5 Å². The van der Waals surface area contributed by atoms with E-state index >= 15 is 0 Å². The van der Waals surface area contributed by atoms with E-state index in [0.717, 1.165) is 62.5 Å². The predicted molar refractivity (Wildman–Crippen MR) is 113 cm³/mol. The number of morpholine rings is 1. The van der Waals surface area contributed by atoms with Crippen molar-refractivity contribution >= 4 is 11.8 Å². The van der Waals surface area contributed by atoms with Gasteiger partial charge in [0.15, 0.2) is 0 Å². The van der Waals surface area contributed by atoms with Crippen molar-refractivity contribution in [1.82, 2.24) is 14.9 Å². The number of nitrogens with zero attached hydrogens (tertiary/aromatic N) is 5. The Morgan fingerprint density at radius 3 is 2.55 bits per heavy atom. The number of likely N-dealkylation sites (N-methyl/N-ethyl adjacent to an activating group) is 1. The molecule has 4 rings (SSSR count). The molecule has 0 spiro atoms. The van der Waals surface area contributed by atoms with E-state index in [4.69, 9.17) is 9.72 Å². The van der Waals surface area contributed by atoms with Crippen LogP contribution in [0.2, 0.25) is 0 Å². The molecule has 2 aliphatic rings. The van der Waals surface area contributed by atoms with Gasteiger partial charge in [0.2, 0.25) is 5.95 Å². The van der Waals surface area contributed by atoms with E-state index in [2.05, 4.69) is 19.7 Å². The summed E-state index contributed by atoms with van der Waals surface area (Å²) in [5, 5.41) is 0. The summed E-state index contributed by atoms with van der Waals surface area (Å²) in [5.41, 5.74) is 0.284. The number of hydrogen-bond donors (Lipinski definition) is 0. The number of ether oxygens (including phenoxy) is 1. The van der Waals surface area contributed by atoms with Gasteiger partial charge in [0, 0.05) is 45.5 Å². The van der Waals surface area contributed by atoms with Crippen molar-refractivity contribution in [2.45, 2.75) is 31.6 Å². The Labute approximate surface area is 180 Å². The second-order valence-electron chi connectivity index (χ2n) is 8.15. The van der Waals surface area contributed by atoms with Gasteiger partial charge in [-0.25, -0.2) is 4.98 Å². The summed E-state index contributed by atoms with van der Waals surface area (Å²) in [6.45, 7) is 5.45. The molecule has 3 heterocycles. The van der Waals surface area contributed by atoms with E-state index in [1.54, 1.807) is 18.3 Å². The molecule has 1 unspecified atom stereocenters. The molecular formula is C22H28F3N5O. The van der Waals surface area contributed by atoms with Crippen molar-refractivity contribution in [3.8, 4) is 0 Å². The first-order chi connectivity index (χ1) is 14.9. The molecule has 0 N–H and O–H groups in total. The van der Waals surface area contributed by atoms with E-state index in [1.807, 2.05) is 13.1 Å². The molecule has 0 bridgehead atoms. The maximum atomic E-state index is 12.8. The average Bonchev–Trinajstić information content (AvgIpc) is 2.79. The first-order valence-electron chi connectivity index (χ1n) is 10.7. The third-order valence-corrected chi connectivity index (χ3v) is 5.99. The molecule has 31 heavy (non-hydrogen) atoms. The van der Waals surface area contributed by atoms with Crippen LogP contribution in [-0.2, 0) is 17.5 Å². The van der Waals surface area contributed by atoms with Gasteiger partial charge in [0.1, 0.15) is 5.82 Å². The minimum absolute atomic E-state index is 0.253. The Hall–Kier alpha value is -2.39. The monoisotopic (exact) mass is 435 g/mol. The molecular weight excluding hydrogens is 407 g/mol. The summed E-state index contributed by atoms with van der Waals surface area (Å²) in [5.74, 6) is 1.61. The normalized spacial score (nSPS) is 20.6. The van der Waals surface area contributed by atoms with Crippen LogP contribution in [-0.4, -0.2) is 67.4 Å². The zero-order valence-corrected chi connectivity index (χ0v) is 17.7. The highest BCUT2D eigenvalue weighted by Crippen LogP contribution is 2.29. The van der Waals surface area contributed by atoms with Crippen molar-refractivity contribution < 1.29 is 17.9 Å². The van der Waals surface area contributed by atoms with Gasteiger partial charge in [0.05, 0.1) is 18.8 Å². The van der Waals surface area contributed by atoms with Gasteiger partial charge in [-0.3, -0.25) is 4.90 Å². The van der Waals surface area contributed by atoms with Crippen molar-refractivity contribution in [2.75, 3.05) is 56.2 Å². The molecule has 9 heteroatoms. The summed E-state index contributed by atoms with van der Waals surface area (Å²) in [6, 6.07) is 7.65. The van der Waals surface area contributed by atoms with Crippen LogP contribution in [0, 0.1) is 0 Å². The number of aromatic nitrogens is 2. The zero-order valence-electron chi connectivity index (χ0n) is 17.7. The van der Waals surface area contributed by atoms with Crippen LogP contribution in [0.25, 0.3) is 0 Å². The van der Waals surface area contributed by atoms with Gasteiger partial charge in [-0.15, -0.1) is 0 Å². The third kappa shape index (κ3) is 5.46. The smallest absolute Gasteiger partial charge is 0.378 e. The van der Waals surface area contributed by atoms with Crippen LogP contribution < -0.4 is 9.80 Å². The van der Waals surface area contributed by atoms with Gasteiger partial charge in [-0.1, -0.05) is 12.1 Å². The van der Waals surface area contributed by atoms with Crippen LogP contribution in [0.15, 0.2) is 36.5 Å². The Balaban J connectivity index is 1.39. The molecule has 168 valence electrons. The fraction of sp³-hybridized carbons (Fsp3) is 0.545. The SMILES string of the molecule is CN(c1nccc(N2CCOCC2)n1)C1CCCN(Cc2ccc(C(F)(F)F)cc2)C1. The maximum Gasteiger partial charge on any atom is 0.416 e. The lowest BCUT2D eigenvalue weighted by molar-refractivity contribution is -0.137. The van der Waals surface area contributed by atoms with Crippen molar-refractivity contribution in [3.05, 3.63) is 47.7 Å². The molecule has 0 saturated carbocycles. The Morgan fingerprint density at radius 1 is 1.10 bits per heavy atom. The molecule has 1 aromatic carbocycles. The largest absolute Gasteiger partial charge is 0.416 e. The second kappa shape index (κ2) is 9.40. The van der Waals surface area contributed by atoms with Gasteiger partial charge in [0.25, 0.3) is 0 Å². The minimum atomic E-state index is -4.30. The number of rotatable bonds is 5. The van der Waals surface area contributed by atoms with Crippen LogP contribution in [0.1, 0.15) is 24.0 Å². The fourth-order valence-electron chi connectivity index (χ4n) is 4.19. The first kappa shape index (κ1) is 21.8. The highest BCUT2D eigenvalue weighted by molar-refractivity contribution is 5.44. The lowest BCUT2D eigenvalue weighted by Gasteiger charge is -2.38. The number of alkyl halides is 3. The average molecular weight is 435 g/mol. The third-order valence-electron chi connectivity index (χ3n) is 5.99. The standard InChI is InChI=1S/C22H28F3N5O/c1-28(21-26-9-8-20(27-21)30-11-13-31-14-12-30)19-3-2-10-29(16-19)15-17-4-6-18(7-5-17)22(23,24)25/h4-9,19H,2-3,10-16H2,1H3. The van der Waals surface area contributed by atoms with Crippen molar-refractivity contribution in [3.63, 3.8) is 0 Å². The number of hydrogen-bond acceptors (Lipinski definition) is 6. The molecule has 6 nitrogen and oxygen atoms in total. The molecule has 2 aromatic rings. The van der Waals surface area contributed by atoms with Gasteiger partial charge in [-0.05, 0) is 43.1 Å². The van der Waals surface area contributed by atoms with E-state index < -0.39 is 11.7 Å². The number of benzene rings is 1. The molecule has 0 aliphatic carbocycles. The fourth-order valence-corrected chi connectivity index (χ4v) is 4.19. The molecule has 2 fully saturated rings. The summed E-state index contributed by atoms with van der Waals surface area (Å²) in [6.07, 6.45) is -0.441. The number of piperidine rings is 1. The lowest BCUT2D eigenvalue weighted by atomic mass is 10.0. The second-order valence-corrected chi connectivity index (χ2v) is 8.15. The maximum absolute atomic E-state index is 12.8. The van der Waals surface area contributed by atoms with E-state index in [9.17, 15) is 13.2 Å². The van der Waals surface area contributed by atoms with Gasteiger partial charge in [-0.2, -0.15) is 18.2 Å². The highest BCUT2D eigenvalue weighted by atomic mass is 19.4. The van der Waals surface area contributed by atoms with Crippen LogP contribution >= 0.6 is 0 Å². The molecule has 2 saturated heterocycles. The molecule has 0 radical (unpaired) electrons. The molecule has 2 aliphatic heterocycles. The Kier molecular flexibility index (Phi) is 6.62. The summed E-state index contributed by atoms with van der Waals surface area (Å²) >= 11 is 0. The zero-order chi connectivity index (χ0) is 21.8. The van der Waals surface area contributed by atoms with Crippen LogP contribution in [0.5, 0.6) is 0 Å².